The first kappa shape index (κ1) is 20.3. The Kier molecular flexibility index (Phi) is 6.97. The van der Waals surface area contributed by atoms with E-state index in [1.165, 1.54) is 18.2 Å². The van der Waals surface area contributed by atoms with Crippen molar-refractivity contribution < 1.29 is 13.3 Å². The number of hydrogen-bond donors (Lipinski definition) is 2. The summed E-state index contributed by atoms with van der Waals surface area (Å²) in [6.07, 6.45) is 2.75. The van der Waals surface area contributed by atoms with Crippen molar-refractivity contribution in [2.75, 3.05) is 20.1 Å². The van der Waals surface area contributed by atoms with Crippen LogP contribution in [0.25, 0.3) is 0 Å². The molecule has 2 N–H and O–H groups in total. The second-order valence-corrected chi connectivity index (χ2v) is 6.98. The van der Waals surface area contributed by atoms with Crippen molar-refractivity contribution in [1.82, 2.24) is 20.7 Å². The van der Waals surface area contributed by atoms with E-state index in [0.29, 0.717) is 19.0 Å². The van der Waals surface area contributed by atoms with Gasteiger partial charge in [-0.25, -0.2) is 8.78 Å². The summed E-state index contributed by atoms with van der Waals surface area (Å²) in [4.78, 5) is 6.32. The smallest absolute Gasteiger partial charge is 0.191 e. The van der Waals surface area contributed by atoms with E-state index in [0.717, 1.165) is 37.3 Å². The first-order valence-electron chi connectivity index (χ1n) is 9.66. The molecule has 1 atom stereocenters. The zero-order chi connectivity index (χ0) is 19.9. The van der Waals surface area contributed by atoms with Crippen LogP contribution in [0.4, 0.5) is 8.78 Å². The lowest BCUT2D eigenvalue weighted by molar-refractivity contribution is 0.188. The van der Waals surface area contributed by atoms with Gasteiger partial charge in [-0.05, 0) is 37.9 Å². The van der Waals surface area contributed by atoms with E-state index in [2.05, 4.69) is 25.7 Å². The molecule has 6 nitrogen and oxygen atoms in total. The minimum atomic E-state index is -0.494. The highest BCUT2D eigenvalue weighted by Gasteiger charge is 2.22. The van der Waals surface area contributed by atoms with E-state index >= 15 is 0 Å². The van der Waals surface area contributed by atoms with Crippen molar-refractivity contribution in [1.29, 1.82) is 0 Å². The highest BCUT2D eigenvalue weighted by atomic mass is 19.1. The topological polar surface area (TPSA) is 65.7 Å². The summed E-state index contributed by atoms with van der Waals surface area (Å²) in [6, 6.07) is 6.07. The highest BCUT2D eigenvalue weighted by molar-refractivity contribution is 5.79. The summed E-state index contributed by atoms with van der Waals surface area (Å²) in [5, 5.41) is 10.6. The molecule has 1 aliphatic rings. The minimum Gasteiger partial charge on any atom is -0.359 e. The van der Waals surface area contributed by atoms with Crippen LogP contribution in [0, 0.1) is 11.6 Å². The molecule has 0 spiro atoms. The number of halogens is 2. The SMILES string of the molecule is CCc1cc(CNC(=NC)NC2CCCN(Cc3c(F)cccc3F)C2)on1. The lowest BCUT2D eigenvalue weighted by Gasteiger charge is -2.34. The number of benzene rings is 1. The monoisotopic (exact) mass is 391 g/mol. The Balaban J connectivity index is 1.53. The maximum atomic E-state index is 13.9. The standard InChI is InChI=1S/C20H27F2N5O/c1-3-14-10-16(28-26-14)11-24-20(23-2)25-15-6-5-9-27(12-15)13-17-18(21)7-4-8-19(17)22/h4,7-8,10,15H,3,5-6,9,11-13H2,1-2H3,(H2,23,24,25). The zero-order valence-electron chi connectivity index (χ0n) is 16.3. The summed E-state index contributed by atoms with van der Waals surface area (Å²) >= 11 is 0. The van der Waals surface area contributed by atoms with E-state index in [4.69, 9.17) is 4.52 Å². The Bertz CT molecular complexity index is 787. The van der Waals surface area contributed by atoms with E-state index in [9.17, 15) is 8.78 Å². The normalized spacial score (nSPS) is 18.3. The molecule has 1 saturated heterocycles. The van der Waals surface area contributed by atoms with Crippen LogP contribution in [0.5, 0.6) is 0 Å². The molecule has 1 unspecified atom stereocenters. The fraction of sp³-hybridized carbons (Fsp3) is 0.500. The molecule has 8 heteroatoms. The summed E-state index contributed by atoms with van der Waals surface area (Å²) in [6.45, 7) is 4.29. The van der Waals surface area contributed by atoms with Crippen molar-refractivity contribution in [3.63, 3.8) is 0 Å². The van der Waals surface area contributed by atoms with Gasteiger partial charge in [0.1, 0.15) is 11.6 Å². The van der Waals surface area contributed by atoms with E-state index < -0.39 is 11.6 Å². The third-order valence-corrected chi connectivity index (χ3v) is 4.91. The molecule has 152 valence electrons. The Hall–Kier alpha value is -2.48. The second kappa shape index (κ2) is 9.64. The molecule has 0 radical (unpaired) electrons. The maximum Gasteiger partial charge on any atom is 0.191 e. The lowest BCUT2D eigenvalue weighted by Crippen LogP contribution is -2.50. The summed E-state index contributed by atoms with van der Waals surface area (Å²) in [5.41, 5.74) is 1.05. The predicted molar refractivity (Wildman–Crippen MR) is 104 cm³/mol. The second-order valence-electron chi connectivity index (χ2n) is 6.98. The Morgan fingerprint density at radius 3 is 2.82 bits per heavy atom. The van der Waals surface area contributed by atoms with Crippen LogP contribution < -0.4 is 10.6 Å². The van der Waals surface area contributed by atoms with Crippen molar-refractivity contribution >= 4 is 5.96 Å². The predicted octanol–water partition coefficient (Wildman–Crippen LogP) is 2.84. The van der Waals surface area contributed by atoms with Gasteiger partial charge in [0.05, 0.1) is 12.2 Å². The molecule has 0 bridgehead atoms. The maximum absolute atomic E-state index is 13.9. The van der Waals surface area contributed by atoms with Gasteiger partial charge < -0.3 is 15.2 Å². The van der Waals surface area contributed by atoms with Crippen LogP contribution in [0.1, 0.15) is 36.8 Å². The van der Waals surface area contributed by atoms with Crippen LogP contribution in [-0.2, 0) is 19.5 Å². The average molecular weight is 391 g/mol. The number of rotatable bonds is 6. The number of nitrogens with one attached hydrogen (secondary N) is 2. The number of guanidine groups is 1. The molecule has 1 aromatic carbocycles. The van der Waals surface area contributed by atoms with Crippen molar-refractivity contribution in [3.05, 3.63) is 52.9 Å². The van der Waals surface area contributed by atoms with Gasteiger partial charge in [-0.3, -0.25) is 9.89 Å². The zero-order valence-corrected chi connectivity index (χ0v) is 16.3. The number of aliphatic imine (C=N–C) groups is 1. The molecule has 0 amide bonds. The molecule has 2 heterocycles. The first-order chi connectivity index (χ1) is 13.6. The number of nitrogens with zero attached hydrogens (tertiary/aromatic N) is 3. The molecular weight excluding hydrogens is 364 g/mol. The van der Waals surface area contributed by atoms with E-state index in [-0.39, 0.29) is 18.2 Å². The molecule has 28 heavy (non-hydrogen) atoms. The van der Waals surface area contributed by atoms with Crippen LogP contribution >= 0.6 is 0 Å². The van der Waals surface area contributed by atoms with Gasteiger partial charge in [0.2, 0.25) is 0 Å². The van der Waals surface area contributed by atoms with Crippen molar-refractivity contribution in [2.45, 2.75) is 45.3 Å². The quantitative estimate of drug-likeness (QED) is 0.586. The number of likely N-dealkylation sites (tertiary alicyclic amines) is 1. The van der Waals surface area contributed by atoms with Crippen LogP contribution in [0.2, 0.25) is 0 Å². The van der Waals surface area contributed by atoms with Gasteiger partial charge in [-0.15, -0.1) is 0 Å². The number of aromatic nitrogens is 1. The van der Waals surface area contributed by atoms with Gasteiger partial charge in [0.25, 0.3) is 0 Å². The molecule has 2 aromatic rings. The Morgan fingerprint density at radius 1 is 1.36 bits per heavy atom. The summed E-state index contributed by atoms with van der Waals surface area (Å²) in [5.74, 6) is 0.426. The average Bonchev–Trinajstić information content (AvgIpc) is 3.16. The molecule has 3 rings (SSSR count). The third-order valence-electron chi connectivity index (χ3n) is 4.91. The highest BCUT2D eigenvalue weighted by Crippen LogP contribution is 2.18. The molecular formula is C20H27F2N5O. The van der Waals surface area contributed by atoms with Gasteiger partial charge in [0, 0.05) is 37.8 Å². The van der Waals surface area contributed by atoms with E-state index in [1.54, 1.807) is 7.05 Å². The molecule has 0 aliphatic carbocycles. The Labute approximate surface area is 164 Å². The molecule has 1 aromatic heterocycles. The summed E-state index contributed by atoms with van der Waals surface area (Å²) < 4.78 is 33.1. The number of hydrogen-bond acceptors (Lipinski definition) is 4. The van der Waals surface area contributed by atoms with E-state index in [1.807, 2.05) is 13.0 Å². The fourth-order valence-corrected chi connectivity index (χ4v) is 3.39. The third kappa shape index (κ3) is 5.28. The lowest BCUT2D eigenvalue weighted by atomic mass is 10.0. The molecule has 1 aliphatic heterocycles. The van der Waals surface area contributed by atoms with Gasteiger partial charge in [0.15, 0.2) is 11.7 Å². The molecule has 0 saturated carbocycles. The Morgan fingerprint density at radius 2 is 2.14 bits per heavy atom. The largest absolute Gasteiger partial charge is 0.359 e. The molecule has 1 fully saturated rings. The first-order valence-corrected chi connectivity index (χ1v) is 9.66. The number of aryl methyl sites for hydroxylation is 1. The fourth-order valence-electron chi connectivity index (χ4n) is 3.39. The number of piperidine rings is 1. The van der Waals surface area contributed by atoms with Crippen LogP contribution in [0.3, 0.4) is 0 Å². The van der Waals surface area contributed by atoms with Crippen LogP contribution in [0.15, 0.2) is 33.8 Å². The minimum absolute atomic E-state index is 0.128. The van der Waals surface area contributed by atoms with Gasteiger partial charge in [-0.2, -0.15) is 0 Å². The van der Waals surface area contributed by atoms with Gasteiger partial charge in [-0.1, -0.05) is 18.1 Å². The van der Waals surface area contributed by atoms with Crippen LogP contribution in [-0.4, -0.2) is 42.2 Å². The van der Waals surface area contributed by atoms with Crippen molar-refractivity contribution in [3.8, 4) is 0 Å². The van der Waals surface area contributed by atoms with Gasteiger partial charge >= 0.3 is 0 Å². The summed E-state index contributed by atoms with van der Waals surface area (Å²) in [7, 11) is 1.71. The van der Waals surface area contributed by atoms with Crippen molar-refractivity contribution in [2.24, 2.45) is 4.99 Å².